The van der Waals surface area contributed by atoms with Gasteiger partial charge in [0, 0.05) is 17.8 Å². The van der Waals surface area contributed by atoms with Gasteiger partial charge in [-0.3, -0.25) is 5.10 Å². The van der Waals surface area contributed by atoms with E-state index in [1.54, 1.807) is 18.3 Å². The zero-order valence-electron chi connectivity index (χ0n) is 10.4. The third kappa shape index (κ3) is 3.21. The lowest BCUT2D eigenvalue weighted by molar-refractivity contribution is 0.277. The summed E-state index contributed by atoms with van der Waals surface area (Å²) in [6.45, 7) is 1.61. The number of rotatable bonds is 6. The maximum Gasteiger partial charge on any atom is 0.260 e. The van der Waals surface area contributed by atoms with Crippen LogP contribution in [0.4, 0.5) is 0 Å². The highest BCUT2D eigenvalue weighted by atomic mass is 32.2. The summed E-state index contributed by atoms with van der Waals surface area (Å²) in [5.41, 5.74) is 1.96. The highest BCUT2D eigenvalue weighted by Gasteiger charge is 2.22. The predicted octanol–water partition coefficient (Wildman–Crippen LogP) is 0.793. The summed E-state index contributed by atoms with van der Waals surface area (Å²) in [7, 11) is -3.68. The van der Waals surface area contributed by atoms with Gasteiger partial charge in [-0.05, 0) is 35.7 Å². The third-order valence-corrected chi connectivity index (χ3v) is 4.90. The Hall–Kier alpha value is -1.22. The summed E-state index contributed by atoms with van der Waals surface area (Å²) >= 11 is 1.58. The van der Waals surface area contributed by atoms with Crippen LogP contribution in [0.1, 0.15) is 16.8 Å². The third-order valence-electron chi connectivity index (χ3n) is 2.73. The molecule has 0 bridgehead atoms. The van der Waals surface area contributed by atoms with E-state index in [0.717, 1.165) is 5.56 Å². The molecular formula is C11H15N3O3S2. The Kier molecular flexibility index (Phi) is 4.35. The highest BCUT2D eigenvalue weighted by molar-refractivity contribution is 7.89. The van der Waals surface area contributed by atoms with Crippen LogP contribution in [0, 0.1) is 6.92 Å². The van der Waals surface area contributed by atoms with Crippen molar-refractivity contribution in [1.82, 2.24) is 14.9 Å². The second-order valence-electron chi connectivity index (χ2n) is 4.07. The number of nitrogens with zero attached hydrogens (tertiary/aromatic N) is 1. The van der Waals surface area contributed by atoms with Crippen LogP contribution in [-0.4, -0.2) is 30.3 Å². The Labute approximate surface area is 115 Å². The van der Waals surface area contributed by atoms with Gasteiger partial charge >= 0.3 is 0 Å². The average Bonchev–Trinajstić information content (AvgIpc) is 2.98. The van der Waals surface area contributed by atoms with Crippen LogP contribution in [0.15, 0.2) is 21.9 Å². The number of H-pyrrole nitrogens is 1. The second kappa shape index (κ2) is 5.83. The number of aliphatic hydroxyl groups is 1. The van der Waals surface area contributed by atoms with Crippen LogP contribution in [0.2, 0.25) is 0 Å². The molecule has 0 aliphatic carbocycles. The maximum absolute atomic E-state index is 12.1. The number of nitrogens with one attached hydrogen (secondary N) is 2. The predicted molar refractivity (Wildman–Crippen MR) is 72.5 cm³/mol. The van der Waals surface area contributed by atoms with Gasteiger partial charge in [-0.25, -0.2) is 13.1 Å². The van der Waals surface area contributed by atoms with E-state index < -0.39 is 10.0 Å². The van der Waals surface area contributed by atoms with Crippen molar-refractivity contribution in [3.63, 3.8) is 0 Å². The molecule has 8 heteroatoms. The summed E-state index contributed by atoms with van der Waals surface area (Å²) < 4.78 is 26.6. The van der Waals surface area contributed by atoms with Crippen molar-refractivity contribution in [1.29, 1.82) is 0 Å². The largest absolute Gasteiger partial charge is 0.392 e. The average molecular weight is 301 g/mol. The van der Waals surface area contributed by atoms with Crippen LogP contribution >= 0.6 is 11.3 Å². The Morgan fingerprint density at radius 2 is 2.32 bits per heavy atom. The lowest BCUT2D eigenvalue weighted by Crippen LogP contribution is -2.27. The minimum Gasteiger partial charge on any atom is -0.392 e. The molecule has 6 nitrogen and oxygen atoms in total. The molecule has 2 aromatic rings. The van der Waals surface area contributed by atoms with Gasteiger partial charge in [0.05, 0.1) is 6.61 Å². The van der Waals surface area contributed by atoms with Gasteiger partial charge < -0.3 is 5.11 Å². The van der Waals surface area contributed by atoms with Crippen molar-refractivity contribution < 1.29 is 13.5 Å². The topological polar surface area (TPSA) is 95.1 Å². The van der Waals surface area contributed by atoms with E-state index in [-0.39, 0.29) is 11.6 Å². The summed E-state index contributed by atoms with van der Waals surface area (Å²) in [6, 6.07) is 1.96. The summed E-state index contributed by atoms with van der Waals surface area (Å²) in [6.07, 6.45) is 0.626. The smallest absolute Gasteiger partial charge is 0.260 e. The number of aromatic nitrogens is 2. The molecule has 3 N–H and O–H groups in total. The van der Waals surface area contributed by atoms with Crippen LogP contribution in [0.5, 0.6) is 0 Å². The zero-order valence-corrected chi connectivity index (χ0v) is 12.0. The van der Waals surface area contributed by atoms with Gasteiger partial charge in [0.1, 0.15) is 0 Å². The number of aromatic amines is 1. The molecule has 0 spiro atoms. The van der Waals surface area contributed by atoms with Gasteiger partial charge in [-0.15, -0.1) is 0 Å². The molecule has 0 fully saturated rings. The first kappa shape index (κ1) is 14.2. The van der Waals surface area contributed by atoms with Crippen molar-refractivity contribution in [2.24, 2.45) is 0 Å². The highest BCUT2D eigenvalue weighted by Crippen LogP contribution is 2.15. The molecule has 104 valence electrons. The van der Waals surface area contributed by atoms with Crippen molar-refractivity contribution in [3.05, 3.63) is 33.6 Å². The molecule has 0 amide bonds. The fourth-order valence-electron chi connectivity index (χ4n) is 1.67. The number of hydrogen-bond donors (Lipinski definition) is 3. The molecule has 2 heterocycles. The summed E-state index contributed by atoms with van der Waals surface area (Å²) in [4.78, 5) is 0. The second-order valence-corrected chi connectivity index (χ2v) is 6.53. The van der Waals surface area contributed by atoms with Gasteiger partial charge in [0.2, 0.25) is 0 Å². The Morgan fingerprint density at radius 1 is 1.53 bits per heavy atom. The minimum absolute atomic E-state index is 0.127. The van der Waals surface area contributed by atoms with E-state index in [1.165, 1.54) is 0 Å². The fourth-order valence-corrected chi connectivity index (χ4v) is 3.59. The first-order valence-electron chi connectivity index (χ1n) is 5.70. The molecule has 2 aromatic heterocycles. The number of sulfonamides is 1. The van der Waals surface area contributed by atoms with E-state index in [1.807, 2.05) is 16.8 Å². The quantitative estimate of drug-likeness (QED) is 0.735. The van der Waals surface area contributed by atoms with Crippen molar-refractivity contribution in [2.75, 3.05) is 6.54 Å². The zero-order chi connectivity index (χ0) is 13.9. The van der Waals surface area contributed by atoms with Crippen LogP contribution in [0.25, 0.3) is 0 Å². The van der Waals surface area contributed by atoms with E-state index >= 15 is 0 Å². The molecule has 19 heavy (non-hydrogen) atoms. The van der Waals surface area contributed by atoms with Crippen LogP contribution in [0.3, 0.4) is 0 Å². The van der Waals surface area contributed by atoms with Gasteiger partial charge in [-0.1, -0.05) is 0 Å². The SMILES string of the molecule is Cc1[nH]nc(S(=O)(=O)NCCc2ccsc2)c1CO. The molecule has 0 aliphatic rings. The van der Waals surface area contributed by atoms with E-state index in [9.17, 15) is 13.5 Å². The number of hydrogen-bond acceptors (Lipinski definition) is 5. The fraction of sp³-hybridized carbons (Fsp3) is 0.364. The minimum atomic E-state index is -3.68. The van der Waals surface area contributed by atoms with Gasteiger partial charge in [-0.2, -0.15) is 16.4 Å². The monoisotopic (exact) mass is 301 g/mol. The molecule has 2 rings (SSSR count). The molecule has 0 unspecified atom stereocenters. The number of thiophene rings is 1. The lowest BCUT2D eigenvalue weighted by atomic mass is 10.2. The number of aryl methyl sites for hydroxylation is 1. The van der Waals surface area contributed by atoms with Crippen LogP contribution in [-0.2, 0) is 23.1 Å². The van der Waals surface area contributed by atoms with Crippen LogP contribution < -0.4 is 4.72 Å². The first-order chi connectivity index (χ1) is 9.04. The van der Waals surface area contributed by atoms with E-state index in [0.29, 0.717) is 24.2 Å². The van der Waals surface area contributed by atoms with E-state index in [4.69, 9.17) is 0 Å². The lowest BCUT2D eigenvalue weighted by Gasteiger charge is -2.05. The normalized spacial score (nSPS) is 11.9. The molecule has 0 atom stereocenters. The molecule has 0 saturated heterocycles. The standard InChI is InChI=1S/C11H15N3O3S2/c1-8-10(6-15)11(14-13-8)19(16,17)12-4-2-9-3-5-18-7-9/h3,5,7,12,15H,2,4,6H2,1H3,(H,13,14). The number of aliphatic hydroxyl groups excluding tert-OH is 1. The molecular weight excluding hydrogens is 286 g/mol. The summed E-state index contributed by atoms with van der Waals surface area (Å²) in [5.74, 6) is 0. The Morgan fingerprint density at radius 3 is 2.95 bits per heavy atom. The van der Waals surface area contributed by atoms with Crippen molar-refractivity contribution in [2.45, 2.75) is 25.0 Å². The van der Waals surface area contributed by atoms with Gasteiger partial charge in [0.25, 0.3) is 10.0 Å². The van der Waals surface area contributed by atoms with Crippen molar-refractivity contribution in [3.8, 4) is 0 Å². The maximum atomic E-state index is 12.1. The first-order valence-corrected chi connectivity index (χ1v) is 8.12. The Bertz CT molecular complexity index is 632. The molecule has 0 aromatic carbocycles. The molecule has 0 aliphatic heterocycles. The molecule has 0 radical (unpaired) electrons. The summed E-state index contributed by atoms with van der Waals surface area (Å²) in [5, 5.41) is 19.3. The van der Waals surface area contributed by atoms with Crippen molar-refractivity contribution >= 4 is 21.4 Å². The van der Waals surface area contributed by atoms with E-state index in [2.05, 4.69) is 14.9 Å². The van der Waals surface area contributed by atoms with Gasteiger partial charge in [0.15, 0.2) is 5.03 Å². The Balaban J connectivity index is 2.05. The molecule has 0 saturated carbocycles.